The number of aromatic nitrogens is 2. The van der Waals surface area contributed by atoms with Crippen LogP contribution in [0.1, 0.15) is 10.4 Å². The first-order chi connectivity index (χ1) is 11.7. The van der Waals surface area contributed by atoms with E-state index in [1.165, 1.54) is 12.3 Å². The molecule has 0 saturated carbocycles. The smallest absolute Gasteiger partial charge is 0.251 e. The van der Waals surface area contributed by atoms with Crippen molar-refractivity contribution >= 4 is 22.5 Å². The fourth-order valence-corrected chi connectivity index (χ4v) is 2.44. The van der Waals surface area contributed by atoms with Crippen LogP contribution in [0.2, 0.25) is 0 Å². The van der Waals surface area contributed by atoms with Crippen molar-refractivity contribution in [3.8, 4) is 11.3 Å². The first kappa shape index (κ1) is 15.5. The van der Waals surface area contributed by atoms with Crippen molar-refractivity contribution in [2.75, 3.05) is 6.54 Å². The number of H-pyrrole nitrogens is 1. The molecule has 24 heavy (non-hydrogen) atoms. The summed E-state index contributed by atoms with van der Waals surface area (Å²) in [5.41, 5.74) is 8.81. The number of amides is 1. The Balaban J connectivity index is 1.77. The second-order valence-corrected chi connectivity index (χ2v) is 5.24. The molecule has 1 amide bonds. The summed E-state index contributed by atoms with van der Waals surface area (Å²) in [5, 5.41) is 11.3. The Morgan fingerprint density at radius 3 is 2.79 bits per heavy atom. The number of benzene rings is 1. The Bertz CT molecular complexity index is 909. The molecule has 2 heterocycles. The molecule has 0 aliphatic carbocycles. The zero-order chi connectivity index (χ0) is 16.9. The van der Waals surface area contributed by atoms with Crippen molar-refractivity contribution in [2.24, 2.45) is 5.73 Å². The molecule has 0 unspecified atom stereocenters. The third kappa shape index (κ3) is 3.17. The van der Waals surface area contributed by atoms with Crippen LogP contribution in [0.3, 0.4) is 0 Å². The van der Waals surface area contributed by atoms with Crippen molar-refractivity contribution in [3.05, 3.63) is 66.6 Å². The first-order valence-electron chi connectivity index (χ1n) is 7.45. The van der Waals surface area contributed by atoms with E-state index in [0.717, 1.165) is 22.2 Å². The van der Waals surface area contributed by atoms with Gasteiger partial charge in [0, 0.05) is 34.4 Å². The zero-order valence-electron chi connectivity index (χ0n) is 12.9. The Kier molecular flexibility index (Phi) is 4.38. The number of aromatic amines is 1. The van der Waals surface area contributed by atoms with Gasteiger partial charge < -0.3 is 21.4 Å². The molecule has 5 N–H and O–H groups in total. The average Bonchev–Trinajstić information content (AvgIpc) is 3.09. The van der Waals surface area contributed by atoms with Crippen LogP contribution in [0.4, 0.5) is 0 Å². The van der Waals surface area contributed by atoms with Gasteiger partial charge in [0.25, 0.3) is 5.91 Å². The quantitative estimate of drug-likeness (QED) is 0.542. The van der Waals surface area contributed by atoms with Crippen LogP contribution in [-0.4, -0.2) is 28.1 Å². The van der Waals surface area contributed by atoms with Gasteiger partial charge in [0.1, 0.15) is 0 Å². The standard InChI is InChI=1S/C18H17N5O/c19-8-5-14(20)11-23-18(24)13-3-1-12(2-4-13)17-15-6-9-21-16(15)7-10-22-17/h1-10,20-21H,11,19H2,(H,23,24)/b8-5-,20-14?. The molecular weight excluding hydrogens is 302 g/mol. The number of hydrogen-bond acceptors (Lipinski definition) is 4. The molecule has 0 atom stereocenters. The van der Waals surface area contributed by atoms with E-state index in [0.29, 0.717) is 5.56 Å². The van der Waals surface area contributed by atoms with Crippen LogP contribution in [0, 0.1) is 5.41 Å². The fraction of sp³-hybridized carbons (Fsp3) is 0.0556. The second kappa shape index (κ2) is 6.78. The SMILES string of the molecule is N=C(/C=C\N)CNC(=O)c1ccc(-c2nccc3[nH]ccc23)cc1. The van der Waals surface area contributed by atoms with Crippen LogP contribution in [0.25, 0.3) is 22.2 Å². The minimum atomic E-state index is -0.232. The highest BCUT2D eigenvalue weighted by Crippen LogP contribution is 2.25. The molecule has 120 valence electrons. The Labute approximate surface area is 138 Å². The summed E-state index contributed by atoms with van der Waals surface area (Å²) in [7, 11) is 0. The Morgan fingerprint density at radius 2 is 2.04 bits per heavy atom. The van der Waals surface area contributed by atoms with Crippen molar-refractivity contribution in [3.63, 3.8) is 0 Å². The molecule has 2 aromatic heterocycles. The summed E-state index contributed by atoms with van der Waals surface area (Å²) in [6.45, 7) is 0.137. The van der Waals surface area contributed by atoms with Gasteiger partial charge in [-0.1, -0.05) is 12.1 Å². The Hall–Kier alpha value is -3.41. The number of fused-ring (bicyclic) bond motifs is 1. The van der Waals surface area contributed by atoms with Gasteiger partial charge in [-0.3, -0.25) is 9.78 Å². The molecule has 6 nitrogen and oxygen atoms in total. The van der Waals surface area contributed by atoms with E-state index in [1.807, 2.05) is 30.5 Å². The van der Waals surface area contributed by atoms with Gasteiger partial charge in [0.05, 0.1) is 18.0 Å². The van der Waals surface area contributed by atoms with Crippen LogP contribution in [0.15, 0.2) is 61.1 Å². The third-order valence-corrected chi connectivity index (χ3v) is 3.64. The molecular formula is C18H17N5O. The largest absolute Gasteiger partial charge is 0.405 e. The highest BCUT2D eigenvalue weighted by molar-refractivity contribution is 6.00. The highest BCUT2D eigenvalue weighted by Gasteiger charge is 2.09. The predicted molar refractivity (Wildman–Crippen MR) is 94.9 cm³/mol. The van der Waals surface area contributed by atoms with Gasteiger partial charge in [-0.2, -0.15) is 0 Å². The van der Waals surface area contributed by atoms with Gasteiger partial charge >= 0.3 is 0 Å². The van der Waals surface area contributed by atoms with E-state index in [1.54, 1.807) is 18.3 Å². The molecule has 0 aliphatic heterocycles. The number of pyridine rings is 1. The van der Waals surface area contributed by atoms with Gasteiger partial charge in [-0.25, -0.2) is 0 Å². The molecule has 3 aromatic rings. The summed E-state index contributed by atoms with van der Waals surface area (Å²) in [4.78, 5) is 19.7. The van der Waals surface area contributed by atoms with Crippen molar-refractivity contribution in [2.45, 2.75) is 0 Å². The molecule has 3 rings (SSSR count). The van der Waals surface area contributed by atoms with E-state index >= 15 is 0 Å². The molecule has 0 bridgehead atoms. The van der Waals surface area contributed by atoms with E-state index in [-0.39, 0.29) is 18.2 Å². The zero-order valence-corrected chi connectivity index (χ0v) is 12.9. The maximum Gasteiger partial charge on any atom is 0.251 e. The molecule has 6 heteroatoms. The monoisotopic (exact) mass is 319 g/mol. The highest BCUT2D eigenvalue weighted by atomic mass is 16.1. The van der Waals surface area contributed by atoms with Crippen molar-refractivity contribution < 1.29 is 4.79 Å². The second-order valence-electron chi connectivity index (χ2n) is 5.24. The molecule has 0 fully saturated rings. The summed E-state index contributed by atoms with van der Waals surface area (Å²) < 4.78 is 0. The molecule has 0 spiro atoms. The predicted octanol–water partition coefficient (Wildman–Crippen LogP) is 2.45. The Morgan fingerprint density at radius 1 is 1.25 bits per heavy atom. The van der Waals surface area contributed by atoms with Crippen LogP contribution < -0.4 is 11.1 Å². The van der Waals surface area contributed by atoms with Gasteiger partial charge in [-0.15, -0.1) is 0 Å². The normalized spacial score (nSPS) is 11.0. The average molecular weight is 319 g/mol. The van der Waals surface area contributed by atoms with Crippen LogP contribution in [-0.2, 0) is 0 Å². The van der Waals surface area contributed by atoms with E-state index in [9.17, 15) is 4.79 Å². The number of hydrogen-bond donors (Lipinski definition) is 4. The van der Waals surface area contributed by atoms with E-state index in [2.05, 4.69) is 15.3 Å². The van der Waals surface area contributed by atoms with Crippen LogP contribution in [0.5, 0.6) is 0 Å². The third-order valence-electron chi connectivity index (χ3n) is 3.64. The lowest BCUT2D eigenvalue weighted by molar-refractivity contribution is 0.0959. The van der Waals surface area contributed by atoms with Crippen molar-refractivity contribution in [1.29, 1.82) is 5.41 Å². The minimum Gasteiger partial charge on any atom is -0.405 e. The van der Waals surface area contributed by atoms with Gasteiger partial charge in [0.2, 0.25) is 0 Å². The van der Waals surface area contributed by atoms with Crippen molar-refractivity contribution in [1.82, 2.24) is 15.3 Å². The van der Waals surface area contributed by atoms with E-state index in [4.69, 9.17) is 11.1 Å². The van der Waals surface area contributed by atoms with Crippen LogP contribution >= 0.6 is 0 Å². The number of carbonyl (C=O) groups is 1. The molecule has 1 aromatic carbocycles. The number of carbonyl (C=O) groups excluding carboxylic acids is 1. The summed E-state index contributed by atoms with van der Waals surface area (Å²) in [6, 6.07) is 11.1. The maximum atomic E-state index is 12.1. The number of nitrogens with two attached hydrogens (primary N) is 1. The lowest BCUT2D eigenvalue weighted by Gasteiger charge is -2.06. The molecule has 0 aliphatic rings. The fourth-order valence-electron chi connectivity index (χ4n) is 2.44. The lowest BCUT2D eigenvalue weighted by Crippen LogP contribution is -2.28. The summed E-state index contributed by atoms with van der Waals surface area (Å²) in [6.07, 6.45) is 6.35. The summed E-state index contributed by atoms with van der Waals surface area (Å²) in [5.74, 6) is -0.232. The van der Waals surface area contributed by atoms with Gasteiger partial charge in [-0.05, 0) is 36.5 Å². The maximum absolute atomic E-state index is 12.1. The lowest BCUT2D eigenvalue weighted by atomic mass is 10.1. The number of rotatable bonds is 5. The number of nitrogens with zero attached hydrogens (tertiary/aromatic N) is 1. The summed E-state index contributed by atoms with van der Waals surface area (Å²) >= 11 is 0. The van der Waals surface area contributed by atoms with E-state index < -0.39 is 0 Å². The molecule has 0 radical (unpaired) electrons. The van der Waals surface area contributed by atoms with Gasteiger partial charge in [0.15, 0.2) is 0 Å². The molecule has 0 saturated heterocycles. The minimum absolute atomic E-state index is 0.137. The topological polar surface area (TPSA) is 108 Å². The first-order valence-corrected chi connectivity index (χ1v) is 7.45. The number of nitrogens with one attached hydrogen (secondary N) is 3.